The molecular formula is C15H20O5S2. The lowest BCUT2D eigenvalue weighted by atomic mass is 10.3. The molecule has 0 spiro atoms. The van der Waals surface area contributed by atoms with Crippen molar-refractivity contribution >= 4 is 19.7 Å². The number of hydrogen-bond acceptors (Lipinski definition) is 5. The molecule has 2 rings (SSSR count). The van der Waals surface area contributed by atoms with Gasteiger partial charge < -0.3 is 5.11 Å². The van der Waals surface area contributed by atoms with Crippen LogP contribution in [-0.4, -0.2) is 34.5 Å². The minimum atomic E-state index is -3.13. The molecule has 0 saturated heterocycles. The molecule has 0 radical (unpaired) electrons. The molecule has 0 bridgehead atoms. The van der Waals surface area contributed by atoms with Crippen molar-refractivity contribution in [2.24, 2.45) is 0 Å². The normalized spacial score (nSPS) is 10.8. The van der Waals surface area contributed by atoms with Crippen LogP contribution in [0.25, 0.3) is 0 Å². The zero-order chi connectivity index (χ0) is 16.1. The van der Waals surface area contributed by atoms with E-state index in [1.165, 1.54) is 30.5 Å². The van der Waals surface area contributed by atoms with Gasteiger partial charge in [-0.15, -0.1) is 0 Å². The average Bonchev–Trinajstić information content (AvgIpc) is 2.39. The average molecular weight is 344 g/mol. The van der Waals surface area contributed by atoms with Gasteiger partial charge in [-0.25, -0.2) is 16.8 Å². The van der Waals surface area contributed by atoms with E-state index in [0.717, 1.165) is 6.26 Å². The van der Waals surface area contributed by atoms with E-state index in [1.54, 1.807) is 30.3 Å². The summed E-state index contributed by atoms with van der Waals surface area (Å²) in [5.41, 5.74) is 0. The fourth-order valence-corrected chi connectivity index (χ4v) is 2.64. The summed E-state index contributed by atoms with van der Waals surface area (Å²) in [6, 6.07) is 13.8. The lowest BCUT2D eigenvalue weighted by Crippen LogP contribution is -1.95. The van der Waals surface area contributed by atoms with E-state index in [4.69, 9.17) is 5.11 Å². The van der Waals surface area contributed by atoms with E-state index in [-0.39, 0.29) is 18.1 Å². The lowest BCUT2D eigenvalue weighted by molar-refractivity contribution is 0.475. The number of phenols is 1. The first-order valence-corrected chi connectivity index (χ1v) is 9.63. The highest BCUT2D eigenvalue weighted by Crippen LogP contribution is 2.13. The third kappa shape index (κ3) is 6.73. The molecule has 22 heavy (non-hydrogen) atoms. The SMILES string of the molecule is C.CS(=O)(=O)c1ccc(O)cc1.CS(=O)(=O)c1ccccc1. The van der Waals surface area contributed by atoms with Crippen molar-refractivity contribution in [3.8, 4) is 5.75 Å². The molecule has 0 aliphatic heterocycles. The smallest absolute Gasteiger partial charge is 0.175 e. The first-order chi connectivity index (χ1) is 9.60. The van der Waals surface area contributed by atoms with Crippen molar-refractivity contribution in [3.05, 3.63) is 54.6 Å². The highest BCUT2D eigenvalue weighted by atomic mass is 32.2. The molecule has 122 valence electrons. The Kier molecular flexibility index (Phi) is 7.28. The van der Waals surface area contributed by atoms with Crippen LogP contribution in [0.15, 0.2) is 64.4 Å². The number of hydrogen-bond donors (Lipinski definition) is 1. The molecule has 0 aliphatic carbocycles. The van der Waals surface area contributed by atoms with E-state index in [9.17, 15) is 16.8 Å². The van der Waals surface area contributed by atoms with Gasteiger partial charge in [-0.05, 0) is 36.4 Å². The molecule has 0 aromatic heterocycles. The second kappa shape index (κ2) is 7.95. The minimum absolute atomic E-state index is 0. The van der Waals surface area contributed by atoms with Crippen LogP contribution in [0, 0.1) is 0 Å². The third-order valence-corrected chi connectivity index (χ3v) is 4.69. The summed E-state index contributed by atoms with van der Waals surface area (Å²) >= 11 is 0. The van der Waals surface area contributed by atoms with E-state index >= 15 is 0 Å². The molecule has 1 N–H and O–H groups in total. The van der Waals surface area contributed by atoms with Gasteiger partial charge in [-0.2, -0.15) is 0 Å². The van der Waals surface area contributed by atoms with Gasteiger partial charge in [0, 0.05) is 12.5 Å². The number of phenolic OH excluding ortho intramolecular Hbond substituents is 1. The van der Waals surface area contributed by atoms with Crippen LogP contribution in [-0.2, 0) is 19.7 Å². The Balaban J connectivity index is 0.000000385. The molecule has 2 aromatic rings. The predicted molar refractivity (Wildman–Crippen MR) is 87.5 cm³/mol. The van der Waals surface area contributed by atoms with E-state index in [1.807, 2.05) is 0 Å². The Morgan fingerprint density at radius 3 is 1.36 bits per heavy atom. The standard InChI is InChI=1S/C7H8O3S.C7H8O2S.CH4/c1-11(9,10)7-4-2-6(8)3-5-7;1-10(8,9)7-5-3-2-4-6-7;/h2-5,8H,1H3;2-6H,1H3;1H4. The van der Waals surface area contributed by atoms with Gasteiger partial charge in [-0.3, -0.25) is 0 Å². The van der Waals surface area contributed by atoms with Crippen LogP contribution < -0.4 is 0 Å². The van der Waals surface area contributed by atoms with Crippen LogP contribution in [0.1, 0.15) is 7.43 Å². The second-order valence-electron chi connectivity index (χ2n) is 4.35. The van der Waals surface area contributed by atoms with Gasteiger partial charge in [0.1, 0.15) is 5.75 Å². The quantitative estimate of drug-likeness (QED) is 0.904. The van der Waals surface area contributed by atoms with E-state index in [0.29, 0.717) is 4.90 Å². The Labute approximate surface area is 132 Å². The summed E-state index contributed by atoms with van der Waals surface area (Å²) < 4.78 is 43.4. The molecule has 0 aliphatic rings. The van der Waals surface area contributed by atoms with Crippen molar-refractivity contribution in [2.45, 2.75) is 17.2 Å². The molecule has 0 heterocycles. The molecule has 0 amide bonds. The van der Waals surface area contributed by atoms with Crippen molar-refractivity contribution in [1.29, 1.82) is 0 Å². The van der Waals surface area contributed by atoms with E-state index < -0.39 is 19.7 Å². The summed E-state index contributed by atoms with van der Waals surface area (Å²) in [6.07, 6.45) is 2.32. The summed E-state index contributed by atoms with van der Waals surface area (Å²) in [4.78, 5) is 0.588. The van der Waals surface area contributed by atoms with Crippen LogP contribution in [0.5, 0.6) is 5.75 Å². The predicted octanol–water partition coefficient (Wildman–Crippen LogP) is 2.52. The van der Waals surface area contributed by atoms with Gasteiger partial charge in [0.25, 0.3) is 0 Å². The summed E-state index contributed by atoms with van der Waals surface area (Å²) in [6.45, 7) is 0. The van der Waals surface area contributed by atoms with Crippen LogP contribution in [0.2, 0.25) is 0 Å². The molecule has 5 nitrogen and oxygen atoms in total. The number of benzene rings is 2. The third-order valence-electron chi connectivity index (χ3n) is 2.44. The Bertz CT molecular complexity index is 778. The van der Waals surface area contributed by atoms with Gasteiger partial charge in [0.2, 0.25) is 0 Å². The van der Waals surface area contributed by atoms with E-state index in [2.05, 4.69) is 0 Å². The van der Waals surface area contributed by atoms with Crippen molar-refractivity contribution in [1.82, 2.24) is 0 Å². The summed E-state index contributed by atoms with van der Waals surface area (Å²) in [5.74, 6) is 0.0670. The van der Waals surface area contributed by atoms with Crippen LogP contribution >= 0.6 is 0 Å². The van der Waals surface area contributed by atoms with Crippen molar-refractivity contribution in [3.63, 3.8) is 0 Å². The fraction of sp³-hybridized carbons (Fsp3) is 0.200. The zero-order valence-electron chi connectivity index (χ0n) is 11.6. The van der Waals surface area contributed by atoms with Crippen LogP contribution in [0.4, 0.5) is 0 Å². The Hall–Kier alpha value is -1.86. The molecule has 0 fully saturated rings. The van der Waals surface area contributed by atoms with Crippen LogP contribution in [0.3, 0.4) is 0 Å². The van der Waals surface area contributed by atoms with Gasteiger partial charge in [0.15, 0.2) is 19.7 Å². The molecule has 0 unspecified atom stereocenters. The topological polar surface area (TPSA) is 88.5 Å². The zero-order valence-corrected chi connectivity index (χ0v) is 13.2. The number of aromatic hydroxyl groups is 1. The summed E-state index contributed by atoms with van der Waals surface area (Å²) in [5, 5.41) is 8.83. The largest absolute Gasteiger partial charge is 0.508 e. The molecule has 2 aromatic carbocycles. The van der Waals surface area contributed by atoms with Gasteiger partial charge in [0.05, 0.1) is 9.79 Å². The maximum Gasteiger partial charge on any atom is 0.175 e. The Morgan fingerprint density at radius 2 is 1.05 bits per heavy atom. The summed E-state index contributed by atoms with van der Waals surface area (Å²) in [7, 11) is -6.13. The molecular weight excluding hydrogens is 324 g/mol. The molecule has 0 saturated carbocycles. The highest BCUT2D eigenvalue weighted by molar-refractivity contribution is 7.91. The maximum atomic E-state index is 10.9. The van der Waals surface area contributed by atoms with Crippen molar-refractivity contribution < 1.29 is 21.9 Å². The maximum absolute atomic E-state index is 10.9. The Morgan fingerprint density at radius 1 is 0.682 bits per heavy atom. The lowest BCUT2D eigenvalue weighted by Gasteiger charge is -1.96. The number of rotatable bonds is 2. The fourth-order valence-electron chi connectivity index (χ4n) is 1.36. The molecule has 7 heteroatoms. The number of sulfone groups is 2. The first-order valence-electron chi connectivity index (χ1n) is 5.85. The first kappa shape index (κ1) is 20.1. The minimum Gasteiger partial charge on any atom is -0.508 e. The molecule has 0 atom stereocenters. The monoisotopic (exact) mass is 344 g/mol. The highest BCUT2D eigenvalue weighted by Gasteiger charge is 2.05. The van der Waals surface area contributed by atoms with Crippen molar-refractivity contribution in [2.75, 3.05) is 12.5 Å². The second-order valence-corrected chi connectivity index (χ2v) is 8.38. The van der Waals surface area contributed by atoms with Gasteiger partial charge >= 0.3 is 0 Å². The van der Waals surface area contributed by atoms with Gasteiger partial charge in [-0.1, -0.05) is 25.6 Å².